The number of fused-ring (bicyclic) bond motifs is 1. The van der Waals surface area contributed by atoms with Gasteiger partial charge in [0.2, 0.25) is 5.88 Å². The van der Waals surface area contributed by atoms with Crippen LogP contribution in [0.1, 0.15) is 10.4 Å². The van der Waals surface area contributed by atoms with Gasteiger partial charge in [-0.2, -0.15) is 0 Å². The molecular formula is C17H12N4O2. The summed E-state index contributed by atoms with van der Waals surface area (Å²) in [6.07, 6.45) is 8.33. The summed E-state index contributed by atoms with van der Waals surface area (Å²) in [5.41, 5.74) is 1.32. The van der Waals surface area contributed by atoms with Crippen LogP contribution in [0.4, 0.5) is 5.69 Å². The van der Waals surface area contributed by atoms with Crippen LogP contribution in [-0.2, 0) is 6.54 Å². The van der Waals surface area contributed by atoms with E-state index in [4.69, 9.17) is 6.42 Å². The first-order valence-corrected chi connectivity index (χ1v) is 6.82. The van der Waals surface area contributed by atoms with E-state index in [-0.39, 0.29) is 18.1 Å². The number of aromatic nitrogens is 2. The van der Waals surface area contributed by atoms with Crippen molar-refractivity contribution in [3.63, 3.8) is 0 Å². The third-order valence-corrected chi connectivity index (χ3v) is 3.33. The van der Waals surface area contributed by atoms with E-state index in [0.29, 0.717) is 10.9 Å². The summed E-state index contributed by atoms with van der Waals surface area (Å²) >= 11 is 0. The number of aromatic hydroxyl groups is 1. The molecule has 1 aromatic carbocycles. The summed E-state index contributed by atoms with van der Waals surface area (Å²) in [7, 11) is 0. The van der Waals surface area contributed by atoms with Crippen LogP contribution in [0.5, 0.6) is 5.88 Å². The Morgan fingerprint density at radius 3 is 2.74 bits per heavy atom. The van der Waals surface area contributed by atoms with E-state index < -0.39 is 5.91 Å². The average molecular weight is 304 g/mol. The van der Waals surface area contributed by atoms with Crippen molar-refractivity contribution in [1.29, 1.82) is 0 Å². The van der Waals surface area contributed by atoms with Crippen molar-refractivity contribution in [2.24, 2.45) is 10.2 Å². The fourth-order valence-corrected chi connectivity index (χ4v) is 2.27. The molecule has 0 bridgehead atoms. The van der Waals surface area contributed by atoms with Gasteiger partial charge in [-0.25, -0.2) is 0 Å². The zero-order chi connectivity index (χ0) is 16.2. The highest BCUT2D eigenvalue weighted by atomic mass is 16.3. The molecule has 1 N–H and O–H groups in total. The van der Waals surface area contributed by atoms with Gasteiger partial charge in [-0.05, 0) is 18.2 Å². The van der Waals surface area contributed by atoms with Crippen LogP contribution in [-0.4, -0.2) is 20.6 Å². The number of hydrogen-bond acceptors (Lipinski definition) is 4. The Bertz CT molecular complexity index is 936. The lowest BCUT2D eigenvalue weighted by molar-refractivity contribution is 0.0995. The number of para-hydroxylation sites is 1. The van der Waals surface area contributed by atoms with Gasteiger partial charge in [0.05, 0.1) is 12.1 Å². The Hall–Kier alpha value is -3.46. The third-order valence-electron chi connectivity index (χ3n) is 3.33. The molecule has 0 saturated heterocycles. The summed E-state index contributed by atoms with van der Waals surface area (Å²) in [5.74, 6) is 1.85. The van der Waals surface area contributed by atoms with Crippen molar-refractivity contribution in [1.82, 2.24) is 9.55 Å². The Kier molecular flexibility index (Phi) is 3.85. The number of carbonyl (C=O) groups is 1. The van der Waals surface area contributed by atoms with Crippen LogP contribution in [0.25, 0.3) is 10.9 Å². The van der Waals surface area contributed by atoms with E-state index in [9.17, 15) is 9.90 Å². The lowest BCUT2D eigenvalue weighted by atomic mass is 10.2. The number of carbonyl (C=O) groups excluding carboxylic acids is 1. The van der Waals surface area contributed by atoms with Crippen molar-refractivity contribution >= 4 is 22.5 Å². The first-order valence-electron chi connectivity index (χ1n) is 6.82. The third kappa shape index (κ3) is 2.68. The molecule has 0 aliphatic rings. The minimum Gasteiger partial charge on any atom is -0.493 e. The first-order chi connectivity index (χ1) is 11.2. The summed E-state index contributed by atoms with van der Waals surface area (Å²) in [6.45, 7) is 0.195. The van der Waals surface area contributed by atoms with Crippen molar-refractivity contribution in [3.8, 4) is 18.2 Å². The normalized spacial score (nSPS) is 10.9. The van der Waals surface area contributed by atoms with Crippen LogP contribution in [0.2, 0.25) is 0 Å². The maximum absolute atomic E-state index is 12.0. The zero-order valence-electron chi connectivity index (χ0n) is 12.0. The number of benzene rings is 1. The monoisotopic (exact) mass is 304 g/mol. The van der Waals surface area contributed by atoms with Gasteiger partial charge in [-0.3, -0.25) is 14.3 Å². The highest BCUT2D eigenvalue weighted by molar-refractivity contribution is 5.97. The van der Waals surface area contributed by atoms with Crippen molar-refractivity contribution in [2.45, 2.75) is 6.54 Å². The molecule has 0 fully saturated rings. The van der Waals surface area contributed by atoms with E-state index in [1.165, 1.54) is 12.4 Å². The number of pyridine rings is 1. The molecule has 0 radical (unpaired) electrons. The van der Waals surface area contributed by atoms with Crippen LogP contribution >= 0.6 is 0 Å². The molecule has 0 atom stereocenters. The van der Waals surface area contributed by atoms with Gasteiger partial charge in [-0.1, -0.05) is 24.1 Å². The first kappa shape index (κ1) is 14.5. The van der Waals surface area contributed by atoms with Gasteiger partial charge >= 0.3 is 0 Å². The number of hydrogen-bond donors (Lipinski definition) is 1. The number of rotatable bonds is 3. The molecule has 2 aromatic heterocycles. The molecule has 3 rings (SSSR count). The maximum atomic E-state index is 12.0. The van der Waals surface area contributed by atoms with E-state index in [2.05, 4.69) is 21.1 Å². The van der Waals surface area contributed by atoms with Gasteiger partial charge in [0.25, 0.3) is 5.91 Å². The molecule has 0 saturated carbocycles. The second-order valence-electron chi connectivity index (χ2n) is 4.72. The van der Waals surface area contributed by atoms with E-state index in [1.807, 2.05) is 18.2 Å². The lowest BCUT2D eigenvalue weighted by Gasteiger charge is -2.00. The molecule has 0 unspecified atom stereocenters. The van der Waals surface area contributed by atoms with Crippen molar-refractivity contribution < 1.29 is 9.90 Å². The second-order valence-corrected chi connectivity index (χ2v) is 4.72. The summed E-state index contributed by atoms with van der Waals surface area (Å²) in [4.78, 5) is 15.8. The van der Waals surface area contributed by atoms with Crippen molar-refractivity contribution in [2.75, 3.05) is 0 Å². The highest BCUT2D eigenvalue weighted by Crippen LogP contribution is 2.38. The molecule has 2 heterocycles. The van der Waals surface area contributed by atoms with Crippen molar-refractivity contribution in [3.05, 3.63) is 54.4 Å². The Balaban J connectivity index is 2.04. The fraction of sp³-hybridized carbons (Fsp3) is 0.0588. The SMILES string of the molecule is C#CCn1c(O)c(N=NC(=O)c2ccncc2)c2ccccc21. The molecule has 112 valence electrons. The minimum atomic E-state index is -0.513. The molecule has 1 amide bonds. The Morgan fingerprint density at radius 2 is 2.00 bits per heavy atom. The Labute approximate surface area is 132 Å². The molecular weight excluding hydrogens is 292 g/mol. The summed E-state index contributed by atoms with van der Waals surface area (Å²) in [5, 5.41) is 18.6. The summed E-state index contributed by atoms with van der Waals surface area (Å²) < 4.78 is 1.54. The van der Waals surface area contributed by atoms with Crippen LogP contribution in [0.3, 0.4) is 0 Å². The van der Waals surface area contributed by atoms with E-state index in [0.717, 1.165) is 5.52 Å². The van der Waals surface area contributed by atoms with E-state index >= 15 is 0 Å². The molecule has 6 heteroatoms. The molecule has 6 nitrogen and oxygen atoms in total. The standard InChI is InChI=1S/C17H12N4O2/c1-2-11-21-14-6-4-3-5-13(14)15(17(21)23)19-20-16(22)12-7-9-18-10-8-12/h1,3-10,23H,11H2. The van der Waals surface area contributed by atoms with Gasteiger partial charge in [0.15, 0.2) is 5.69 Å². The zero-order valence-corrected chi connectivity index (χ0v) is 12.0. The largest absolute Gasteiger partial charge is 0.493 e. The smallest absolute Gasteiger partial charge is 0.295 e. The van der Waals surface area contributed by atoms with Crippen LogP contribution < -0.4 is 0 Å². The number of terminal acetylenes is 1. The van der Waals surface area contributed by atoms with Gasteiger partial charge in [0, 0.05) is 23.3 Å². The molecule has 23 heavy (non-hydrogen) atoms. The highest BCUT2D eigenvalue weighted by Gasteiger charge is 2.16. The van der Waals surface area contributed by atoms with Crippen LogP contribution in [0, 0.1) is 12.3 Å². The second kappa shape index (κ2) is 6.12. The quantitative estimate of drug-likeness (QED) is 0.595. The maximum Gasteiger partial charge on any atom is 0.295 e. The van der Waals surface area contributed by atoms with E-state index in [1.54, 1.807) is 22.8 Å². The Morgan fingerprint density at radius 1 is 1.26 bits per heavy atom. The molecule has 0 spiro atoms. The van der Waals surface area contributed by atoms with Gasteiger partial charge in [-0.15, -0.1) is 16.7 Å². The molecule has 3 aromatic rings. The van der Waals surface area contributed by atoms with Crippen LogP contribution in [0.15, 0.2) is 59.0 Å². The number of nitrogens with zero attached hydrogens (tertiary/aromatic N) is 4. The van der Waals surface area contributed by atoms with Gasteiger partial charge in [0.1, 0.15) is 0 Å². The lowest BCUT2D eigenvalue weighted by Crippen LogP contribution is -1.93. The van der Waals surface area contributed by atoms with Gasteiger partial charge < -0.3 is 5.11 Å². The predicted octanol–water partition coefficient (Wildman–Crippen LogP) is 3.30. The number of azo groups is 1. The topological polar surface area (TPSA) is 79.8 Å². The molecule has 0 aliphatic carbocycles. The predicted molar refractivity (Wildman–Crippen MR) is 85.5 cm³/mol. The molecule has 0 aliphatic heterocycles. The summed E-state index contributed by atoms with van der Waals surface area (Å²) in [6, 6.07) is 10.3. The minimum absolute atomic E-state index is 0.115. The number of amides is 1. The fourth-order valence-electron chi connectivity index (χ4n) is 2.27. The average Bonchev–Trinajstić information content (AvgIpc) is 2.86.